The lowest BCUT2D eigenvalue weighted by molar-refractivity contribution is 0.562. The normalized spacial score (nSPS) is 10.8. The Hall–Kier alpha value is -0.810. The Labute approximate surface area is 130 Å². The van der Waals surface area contributed by atoms with Gasteiger partial charge >= 0.3 is 0 Å². The van der Waals surface area contributed by atoms with Crippen LogP contribution >= 0.6 is 35.3 Å². The molecule has 1 atom stereocenters. The molecule has 9 heteroatoms. The van der Waals surface area contributed by atoms with Crippen LogP contribution in [0.5, 0.6) is 0 Å². The quantitative estimate of drug-likeness (QED) is 0.288. The molecule has 0 aromatic carbocycles. The van der Waals surface area contributed by atoms with Crippen molar-refractivity contribution in [1.29, 1.82) is 0 Å². The van der Waals surface area contributed by atoms with Crippen molar-refractivity contribution < 1.29 is 14.4 Å². The zero-order chi connectivity index (χ0) is 14.9. The molecule has 0 aliphatic carbocycles. The zero-order valence-electron chi connectivity index (χ0n) is 10.8. The molecule has 0 spiro atoms. The molecule has 1 unspecified atom stereocenters. The van der Waals surface area contributed by atoms with Gasteiger partial charge < -0.3 is 0 Å². The second-order valence-corrected chi connectivity index (χ2v) is 6.82. The van der Waals surface area contributed by atoms with E-state index in [1.54, 1.807) is 35.3 Å². The Bertz CT molecular complexity index is 366. The molecule has 0 fully saturated rings. The molecular weight excluding hydrogens is 318 g/mol. The highest BCUT2D eigenvalue weighted by molar-refractivity contribution is 8.05. The molecule has 0 saturated heterocycles. The molecule has 0 aliphatic rings. The number of thioether (sulfide) groups is 3. The van der Waals surface area contributed by atoms with E-state index in [9.17, 15) is 14.4 Å². The summed E-state index contributed by atoms with van der Waals surface area (Å²) in [7, 11) is 0. The second kappa shape index (κ2) is 16.2. The number of rotatable bonds is 13. The number of isocyanates is 3. The van der Waals surface area contributed by atoms with Crippen molar-refractivity contribution >= 4 is 53.5 Å². The van der Waals surface area contributed by atoms with E-state index < -0.39 is 0 Å². The summed E-state index contributed by atoms with van der Waals surface area (Å²) in [5.41, 5.74) is 0. The van der Waals surface area contributed by atoms with Crippen LogP contribution in [0, 0.1) is 0 Å². The molecule has 0 rings (SSSR count). The lowest BCUT2D eigenvalue weighted by Gasteiger charge is -2.14. The van der Waals surface area contributed by atoms with E-state index in [2.05, 4.69) is 15.0 Å². The van der Waals surface area contributed by atoms with Crippen LogP contribution in [0.3, 0.4) is 0 Å². The van der Waals surface area contributed by atoms with E-state index in [0.29, 0.717) is 24.2 Å². The molecule has 0 saturated carbocycles. The zero-order valence-corrected chi connectivity index (χ0v) is 13.3. The minimum Gasteiger partial charge on any atom is -0.211 e. The molecule has 20 heavy (non-hydrogen) atoms. The van der Waals surface area contributed by atoms with Crippen molar-refractivity contribution in [2.45, 2.75) is 5.25 Å². The van der Waals surface area contributed by atoms with E-state index in [1.165, 1.54) is 18.2 Å². The fraction of sp³-hybridized carbons (Fsp3) is 0.727. The van der Waals surface area contributed by atoms with Crippen LogP contribution in [0.1, 0.15) is 0 Å². The lowest BCUT2D eigenvalue weighted by Crippen LogP contribution is -2.12. The summed E-state index contributed by atoms with van der Waals surface area (Å²) in [6.45, 7) is 0.936. The third kappa shape index (κ3) is 13.6. The van der Waals surface area contributed by atoms with Gasteiger partial charge in [-0.1, -0.05) is 0 Å². The first-order chi connectivity index (χ1) is 9.85. The average molecular weight is 333 g/mol. The smallest absolute Gasteiger partial charge is 0.211 e. The molecule has 0 aromatic rings. The molecule has 0 heterocycles. The SMILES string of the molecule is O=C=NCCSCC(CSCN=C=O)SCCN=C=O. The Morgan fingerprint density at radius 2 is 1.40 bits per heavy atom. The maximum absolute atomic E-state index is 9.97. The molecule has 6 nitrogen and oxygen atoms in total. The summed E-state index contributed by atoms with van der Waals surface area (Å²) in [6, 6.07) is 0. The number of carbonyl (C=O) groups excluding carboxylic acids is 3. The van der Waals surface area contributed by atoms with Gasteiger partial charge in [-0.25, -0.2) is 24.4 Å². The van der Waals surface area contributed by atoms with Crippen molar-refractivity contribution in [2.75, 3.05) is 42.0 Å². The molecule has 0 N–H and O–H groups in total. The van der Waals surface area contributed by atoms with Crippen LogP contribution in [0.2, 0.25) is 0 Å². The standard InChI is InChI=1S/C11H15N3O3S3/c15-7-12-1-3-18-5-11(6-19-10-14-9-17)20-4-2-13-8-16/h11H,1-6,10H2. The van der Waals surface area contributed by atoms with Gasteiger partial charge in [0.1, 0.15) is 0 Å². The molecule has 0 bridgehead atoms. The van der Waals surface area contributed by atoms with Gasteiger partial charge in [-0.3, -0.25) is 0 Å². The van der Waals surface area contributed by atoms with E-state index in [1.807, 2.05) is 0 Å². The van der Waals surface area contributed by atoms with E-state index in [-0.39, 0.29) is 0 Å². The third-order valence-electron chi connectivity index (χ3n) is 1.86. The van der Waals surface area contributed by atoms with Crippen molar-refractivity contribution in [3.05, 3.63) is 0 Å². The topological polar surface area (TPSA) is 88.3 Å². The highest BCUT2D eigenvalue weighted by Crippen LogP contribution is 2.21. The molecular formula is C11H15N3O3S3. The Kier molecular flexibility index (Phi) is 15.6. The second-order valence-electron chi connectivity index (χ2n) is 3.26. The highest BCUT2D eigenvalue weighted by atomic mass is 32.2. The van der Waals surface area contributed by atoms with Gasteiger partial charge in [0.2, 0.25) is 18.2 Å². The van der Waals surface area contributed by atoms with Gasteiger partial charge in [0.25, 0.3) is 0 Å². The third-order valence-corrected chi connectivity index (χ3v) is 5.57. The maximum Gasteiger partial charge on any atom is 0.235 e. The van der Waals surface area contributed by atoms with Crippen molar-refractivity contribution in [2.24, 2.45) is 15.0 Å². The minimum atomic E-state index is 0.369. The summed E-state index contributed by atoms with van der Waals surface area (Å²) in [4.78, 5) is 40.3. The first-order valence-corrected chi connectivity index (χ1v) is 9.09. The van der Waals surface area contributed by atoms with Crippen LogP contribution in [-0.4, -0.2) is 65.5 Å². The van der Waals surface area contributed by atoms with Gasteiger partial charge in [0.15, 0.2) is 0 Å². The van der Waals surface area contributed by atoms with E-state index >= 15 is 0 Å². The van der Waals surface area contributed by atoms with Crippen LogP contribution in [-0.2, 0) is 14.4 Å². The molecule has 0 radical (unpaired) electrons. The number of nitrogens with zero attached hydrogens (tertiary/aromatic N) is 3. The highest BCUT2D eigenvalue weighted by Gasteiger charge is 2.09. The van der Waals surface area contributed by atoms with Crippen LogP contribution in [0.25, 0.3) is 0 Å². The summed E-state index contributed by atoms with van der Waals surface area (Å²) >= 11 is 4.99. The summed E-state index contributed by atoms with van der Waals surface area (Å²) in [5.74, 6) is 3.69. The fourth-order valence-electron chi connectivity index (χ4n) is 1.08. The summed E-state index contributed by atoms with van der Waals surface area (Å²) < 4.78 is 0. The fourth-order valence-corrected chi connectivity index (χ4v) is 4.51. The predicted octanol–water partition coefficient (Wildman–Crippen LogP) is 1.52. The van der Waals surface area contributed by atoms with Gasteiger partial charge in [0, 0.05) is 28.3 Å². The summed E-state index contributed by atoms with van der Waals surface area (Å²) in [6.07, 6.45) is 4.52. The molecule has 0 amide bonds. The molecule has 110 valence electrons. The largest absolute Gasteiger partial charge is 0.235 e. The van der Waals surface area contributed by atoms with Crippen LogP contribution in [0.4, 0.5) is 0 Å². The number of aliphatic imine (C=N–C) groups is 3. The Morgan fingerprint density at radius 1 is 0.800 bits per heavy atom. The van der Waals surface area contributed by atoms with Crippen molar-refractivity contribution in [3.8, 4) is 0 Å². The maximum atomic E-state index is 9.97. The number of hydrogen-bond acceptors (Lipinski definition) is 9. The van der Waals surface area contributed by atoms with Crippen LogP contribution < -0.4 is 0 Å². The molecule has 0 aromatic heterocycles. The van der Waals surface area contributed by atoms with Crippen LogP contribution in [0.15, 0.2) is 15.0 Å². The van der Waals surface area contributed by atoms with Gasteiger partial charge in [-0.15, -0.1) is 11.8 Å². The monoisotopic (exact) mass is 333 g/mol. The van der Waals surface area contributed by atoms with E-state index in [4.69, 9.17) is 0 Å². The number of hydrogen-bond donors (Lipinski definition) is 0. The van der Waals surface area contributed by atoms with Gasteiger partial charge in [-0.2, -0.15) is 28.5 Å². The molecule has 0 aliphatic heterocycles. The van der Waals surface area contributed by atoms with Crippen molar-refractivity contribution in [3.63, 3.8) is 0 Å². The average Bonchev–Trinajstić information content (AvgIpc) is 2.47. The van der Waals surface area contributed by atoms with Crippen molar-refractivity contribution in [1.82, 2.24) is 0 Å². The Morgan fingerprint density at radius 3 is 2.05 bits per heavy atom. The van der Waals surface area contributed by atoms with Gasteiger partial charge in [0.05, 0.1) is 19.0 Å². The van der Waals surface area contributed by atoms with Gasteiger partial charge in [-0.05, 0) is 0 Å². The predicted molar refractivity (Wildman–Crippen MR) is 85.0 cm³/mol. The minimum absolute atomic E-state index is 0.369. The van der Waals surface area contributed by atoms with E-state index in [0.717, 1.165) is 23.0 Å². The lowest BCUT2D eigenvalue weighted by atomic mass is 10.5. The summed E-state index contributed by atoms with van der Waals surface area (Å²) in [5, 5.41) is 0.369. The Balaban J connectivity index is 3.91. The first-order valence-electron chi connectivity index (χ1n) is 5.73. The first kappa shape index (κ1) is 19.2.